The van der Waals surface area contributed by atoms with Gasteiger partial charge in [0.15, 0.2) is 0 Å². The molecule has 6 nitrogen and oxygen atoms in total. The van der Waals surface area contributed by atoms with Crippen LogP contribution in [0.3, 0.4) is 0 Å². The highest BCUT2D eigenvalue weighted by molar-refractivity contribution is 5.75. The lowest BCUT2D eigenvalue weighted by Gasteiger charge is -2.36. The van der Waals surface area contributed by atoms with E-state index in [-0.39, 0.29) is 12.0 Å². The van der Waals surface area contributed by atoms with Crippen molar-refractivity contribution < 1.29 is 18.3 Å². The van der Waals surface area contributed by atoms with Gasteiger partial charge >= 0.3 is 12.5 Å². The van der Waals surface area contributed by atoms with E-state index in [1.165, 1.54) is 19.5 Å². The zero-order valence-electron chi connectivity index (χ0n) is 12.2. The molecule has 1 saturated heterocycles. The third-order valence-electron chi connectivity index (χ3n) is 3.82. The summed E-state index contributed by atoms with van der Waals surface area (Å²) in [4.78, 5) is 19.6. The number of carbonyl (C=O) groups excluding carboxylic acids is 1. The predicted octanol–water partition coefficient (Wildman–Crippen LogP) is 0.957. The summed E-state index contributed by atoms with van der Waals surface area (Å²) in [6, 6.07) is -0.278. The molecule has 21 heavy (non-hydrogen) atoms. The summed E-state index contributed by atoms with van der Waals surface area (Å²) in [6.45, 7) is 2.44. The van der Waals surface area contributed by atoms with Crippen molar-refractivity contribution in [3.63, 3.8) is 0 Å². The summed E-state index contributed by atoms with van der Waals surface area (Å²) in [7, 11) is 1.37. The Balaban J connectivity index is 1.87. The minimum atomic E-state index is -2.57. The summed E-state index contributed by atoms with van der Waals surface area (Å²) in [5.41, 5.74) is 0. The molecule has 0 radical (unpaired) electrons. The maximum Gasteiger partial charge on any atom is 0.322 e. The largest absolute Gasteiger partial charge is 0.468 e. The molecule has 0 N–H and O–H groups in total. The van der Waals surface area contributed by atoms with Crippen LogP contribution in [0.25, 0.3) is 0 Å². The van der Waals surface area contributed by atoms with Crippen molar-refractivity contribution in [1.29, 1.82) is 0 Å². The molecular formula is C13H20F2N4O2. The van der Waals surface area contributed by atoms with E-state index >= 15 is 0 Å². The summed E-state index contributed by atoms with van der Waals surface area (Å²) in [5, 5.41) is 0. The second kappa shape index (κ2) is 6.95. The molecule has 0 aromatic carbocycles. The van der Waals surface area contributed by atoms with Crippen LogP contribution in [0.4, 0.5) is 8.78 Å². The third-order valence-corrected chi connectivity index (χ3v) is 3.82. The zero-order chi connectivity index (χ0) is 15.4. The van der Waals surface area contributed by atoms with Crippen LogP contribution in [0.2, 0.25) is 0 Å². The average Bonchev–Trinajstić information content (AvgIpc) is 2.95. The lowest BCUT2D eigenvalue weighted by molar-refractivity contribution is -0.147. The van der Waals surface area contributed by atoms with Crippen LogP contribution in [0.5, 0.6) is 0 Å². The Bertz CT molecular complexity index is 472. The number of halogens is 2. The summed E-state index contributed by atoms with van der Waals surface area (Å²) < 4.78 is 31.1. The van der Waals surface area contributed by atoms with Gasteiger partial charge in [0.05, 0.1) is 13.7 Å². The Kier molecular flexibility index (Phi) is 5.24. The van der Waals surface area contributed by atoms with Gasteiger partial charge in [-0.2, -0.15) is 8.78 Å². The molecule has 0 saturated carbocycles. The highest BCUT2D eigenvalue weighted by atomic mass is 19.3. The molecule has 2 rings (SSSR count). The molecular weight excluding hydrogens is 282 g/mol. The van der Waals surface area contributed by atoms with Crippen LogP contribution in [0.15, 0.2) is 12.4 Å². The van der Waals surface area contributed by atoms with Crippen molar-refractivity contribution >= 4 is 5.97 Å². The summed E-state index contributed by atoms with van der Waals surface area (Å²) in [5.74, 6) is 0.108. The highest BCUT2D eigenvalue weighted by Gasteiger charge is 2.26. The van der Waals surface area contributed by atoms with Crippen LogP contribution < -0.4 is 0 Å². The quantitative estimate of drug-likeness (QED) is 0.758. The lowest BCUT2D eigenvalue weighted by atomic mass is 10.2. The van der Waals surface area contributed by atoms with Crippen LogP contribution in [0, 0.1) is 0 Å². The number of alkyl halides is 2. The second-order valence-corrected chi connectivity index (χ2v) is 5.04. The lowest BCUT2D eigenvalue weighted by Crippen LogP contribution is -2.51. The molecule has 2 heterocycles. The zero-order valence-corrected chi connectivity index (χ0v) is 12.2. The molecule has 0 unspecified atom stereocenters. The van der Waals surface area contributed by atoms with Crippen LogP contribution in [-0.2, 0) is 16.1 Å². The minimum Gasteiger partial charge on any atom is -0.468 e. The van der Waals surface area contributed by atoms with Crippen LogP contribution in [-0.4, -0.2) is 64.7 Å². The number of carbonyl (C=O) groups is 1. The predicted molar refractivity (Wildman–Crippen MR) is 71.8 cm³/mol. The number of piperazine rings is 1. The molecule has 1 fully saturated rings. The van der Waals surface area contributed by atoms with Crippen molar-refractivity contribution in [3.05, 3.63) is 18.2 Å². The molecule has 1 aliphatic heterocycles. The number of nitrogens with zero attached hydrogens (tertiary/aromatic N) is 4. The standard InChI is InChI=1S/C13H20F2N4O2/c1-10(12(20)21-2)18-7-5-17(6-8-18)9-11-16-3-4-19(11)13(14)15/h3-4,10,13H,5-9H2,1-2H3/t10-/m0/s1. The van der Waals surface area contributed by atoms with Gasteiger partial charge in [-0.3, -0.25) is 19.2 Å². The smallest absolute Gasteiger partial charge is 0.322 e. The van der Waals surface area contributed by atoms with Gasteiger partial charge in [-0.15, -0.1) is 0 Å². The van der Waals surface area contributed by atoms with Gasteiger partial charge in [-0.1, -0.05) is 0 Å². The molecule has 1 aliphatic rings. The molecule has 1 atom stereocenters. The first kappa shape index (κ1) is 15.8. The fraction of sp³-hybridized carbons (Fsp3) is 0.692. The van der Waals surface area contributed by atoms with Crippen molar-refractivity contribution in [3.8, 4) is 0 Å². The van der Waals surface area contributed by atoms with E-state index in [9.17, 15) is 13.6 Å². The van der Waals surface area contributed by atoms with Crippen LogP contribution in [0.1, 0.15) is 19.3 Å². The van der Waals surface area contributed by atoms with Gasteiger partial charge < -0.3 is 4.74 Å². The Morgan fingerprint density at radius 3 is 2.62 bits per heavy atom. The molecule has 118 valence electrons. The van der Waals surface area contributed by atoms with E-state index in [0.29, 0.717) is 38.5 Å². The fourth-order valence-corrected chi connectivity index (χ4v) is 2.47. The highest BCUT2D eigenvalue weighted by Crippen LogP contribution is 2.15. The van der Waals surface area contributed by atoms with Gasteiger partial charge in [0.1, 0.15) is 11.9 Å². The normalized spacial score (nSPS) is 18.9. The van der Waals surface area contributed by atoms with E-state index in [0.717, 1.165) is 4.57 Å². The molecule has 1 aromatic rings. The van der Waals surface area contributed by atoms with Gasteiger partial charge in [-0.25, -0.2) is 4.98 Å². The number of hydrogen-bond acceptors (Lipinski definition) is 5. The van der Waals surface area contributed by atoms with Gasteiger partial charge in [0.25, 0.3) is 0 Å². The SMILES string of the molecule is COC(=O)[C@H](C)N1CCN(Cc2nccn2C(F)F)CC1. The molecule has 0 spiro atoms. The first-order valence-electron chi connectivity index (χ1n) is 6.87. The number of rotatable bonds is 5. The monoisotopic (exact) mass is 302 g/mol. The molecule has 8 heteroatoms. The Morgan fingerprint density at radius 1 is 1.38 bits per heavy atom. The molecule has 0 amide bonds. The number of esters is 1. The summed E-state index contributed by atoms with van der Waals surface area (Å²) >= 11 is 0. The average molecular weight is 302 g/mol. The summed E-state index contributed by atoms with van der Waals surface area (Å²) in [6.07, 6.45) is 2.67. The minimum absolute atomic E-state index is 0.253. The van der Waals surface area contributed by atoms with Crippen molar-refractivity contribution in [1.82, 2.24) is 19.4 Å². The topological polar surface area (TPSA) is 50.6 Å². The Labute approximate surface area is 122 Å². The number of imidazole rings is 1. The third kappa shape index (κ3) is 3.76. The first-order chi connectivity index (χ1) is 10.0. The maximum atomic E-state index is 12.8. The van der Waals surface area contributed by atoms with E-state index in [1.807, 2.05) is 11.8 Å². The number of methoxy groups -OCH3 is 1. The number of aromatic nitrogens is 2. The van der Waals surface area contributed by atoms with E-state index in [4.69, 9.17) is 4.74 Å². The Hall–Kier alpha value is -1.54. The van der Waals surface area contributed by atoms with E-state index < -0.39 is 6.55 Å². The van der Waals surface area contributed by atoms with Crippen LogP contribution >= 0.6 is 0 Å². The first-order valence-corrected chi connectivity index (χ1v) is 6.87. The fourth-order valence-electron chi connectivity index (χ4n) is 2.47. The van der Waals surface area contributed by atoms with Gasteiger partial charge in [0.2, 0.25) is 0 Å². The Morgan fingerprint density at radius 2 is 2.05 bits per heavy atom. The molecule has 1 aromatic heterocycles. The molecule has 0 bridgehead atoms. The van der Waals surface area contributed by atoms with E-state index in [2.05, 4.69) is 9.88 Å². The second-order valence-electron chi connectivity index (χ2n) is 5.04. The maximum absolute atomic E-state index is 12.8. The van der Waals surface area contributed by atoms with Crippen molar-refractivity contribution in [2.24, 2.45) is 0 Å². The molecule has 0 aliphatic carbocycles. The number of ether oxygens (including phenoxy) is 1. The van der Waals surface area contributed by atoms with Crippen molar-refractivity contribution in [2.45, 2.75) is 26.1 Å². The number of hydrogen-bond donors (Lipinski definition) is 0. The van der Waals surface area contributed by atoms with Gasteiger partial charge in [-0.05, 0) is 6.92 Å². The van der Waals surface area contributed by atoms with Crippen molar-refractivity contribution in [2.75, 3.05) is 33.3 Å². The van der Waals surface area contributed by atoms with Gasteiger partial charge in [0, 0.05) is 38.6 Å². The van der Waals surface area contributed by atoms with E-state index in [1.54, 1.807) is 0 Å².